The van der Waals surface area contributed by atoms with Crippen molar-refractivity contribution in [2.75, 3.05) is 19.8 Å². The van der Waals surface area contributed by atoms with E-state index < -0.39 is 23.3 Å². The van der Waals surface area contributed by atoms with Gasteiger partial charge in [-0.2, -0.15) is 0 Å². The number of amides is 1. The zero-order valence-electron chi connectivity index (χ0n) is 28.7. The largest absolute Gasteiger partial charge is 0.493 e. The second kappa shape index (κ2) is 17.8. The van der Waals surface area contributed by atoms with Crippen molar-refractivity contribution in [1.29, 1.82) is 0 Å². The predicted octanol–water partition coefficient (Wildman–Crippen LogP) is 8.38. The Morgan fingerprint density at radius 1 is 0.939 bits per heavy atom. The Kier molecular flexibility index (Phi) is 13.8. The summed E-state index contributed by atoms with van der Waals surface area (Å²) < 4.78 is 52.6. The van der Waals surface area contributed by atoms with Crippen molar-refractivity contribution >= 4 is 23.7 Å². The van der Waals surface area contributed by atoms with E-state index in [-0.39, 0.29) is 36.2 Å². The molecule has 2 aliphatic rings. The maximum atomic E-state index is 12.1. The second-order valence-corrected chi connectivity index (χ2v) is 13.9. The molecule has 5 rings (SSSR count). The van der Waals surface area contributed by atoms with Crippen LogP contribution in [0.5, 0.6) is 5.75 Å². The van der Waals surface area contributed by atoms with E-state index in [0.29, 0.717) is 44.1 Å². The Labute approximate surface area is 292 Å². The lowest BCUT2D eigenvalue weighted by atomic mass is 9.94. The lowest BCUT2D eigenvalue weighted by Crippen LogP contribution is -2.46. The van der Waals surface area contributed by atoms with Crippen LogP contribution in [0.1, 0.15) is 76.7 Å². The summed E-state index contributed by atoms with van der Waals surface area (Å²) in [7, 11) is 0. The van der Waals surface area contributed by atoms with Crippen LogP contribution in [0.4, 0.5) is 13.6 Å². The molecule has 49 heavy (non-hydrogen) atoms. The zero-order valence-corrected chi connectivity index (χ0v) is 29.4. The van der Waals surface area contributed by atoms with Crippen LogP contribution in [0.3, 0.4) is 0 Å². The zero-order chi connectivity index (χ0) is 35.6. The lowest BCUT2D eigenvalue weighted by Gasteiger charge is -2.33. The predicted molar refractivity (Wildman–Crippen MR) is 183 cm³/mol. The molecule has 8 nitrogen and oxygen atoms in total. The Balaban J connectivity index is 0.000000592. The standard InChI is InChI=1S/C32H42ClNO7.C6H4F2/c1-20-12-28(40-21(2)35)16-30(39-20)24-8-11-29(33)25(15-24)13-22-6-9-27(10-7-22)38-18-23-14-26(19-37-17-23)34-31(36)41-32(3,4)5;7-5-1-2-6(8)4-3-5/h6-11,15,20,23,26,28,30H,12-14,16-19H2,1-5H3,(H,34,36);1-4H/t20-,23?,26?,28?,30-;/m1./s1. The van der Waals surface area contributed by atoms with E-state index in [1.165, 1.54) is 6.92 Å². The smallest absolute Gasteiger partial charge is 0.407 e. The van der Waals surface area contributed by atoms with Gasteiger partial charge < -0.3 is 29.0 Å². The molecule has 2 heterocycles. The number of carbonyl (C=O) groups excluding carboxylic acids is 2. The van der Waals surface area contributed by atoms with Crippen LogP contribution in [0.25, 0.3) is 0 Å². The number of ether oxygens (including phenoxy) is 5. The molecule has 0 radical (unpaired) electrons. The molecule has 3 aromatic carbocycles. The molecule has 266 valence electrons. The summed E-state index contributed by atoms with van der Waals surface area (Å²) in [6.45, 7) is 10.5. The van der Waals surface area contributed by atoms with Gasteiger partial charge in [-0.15, -0.1) is 0 Å². The summed E-state index contributed by atoms with van der Waals surface area (Å²) in [5.74, 6) is -0.150. The summed E-state index contributed by atoms with van der Waals surface area (Å²) in [6, 6.07) is 18.2. The number of hydrogen-bond acceptors (Lipinski definition) is 7. The fourth-order valence-corrected chi connectivity index (χ4v) is 5.93. The highest BCUT2D eigenvalue weighted by atomic mass is 35.5. The van der Waals surface area contributed by atoms with Crippen molar-refractivity contribution < 1.29 is 42.1 Å². The van der Waals surface area contributed by atoms with Gasteiger partial charge in [0.05, 0.1) is 38.1 Å². The average Bonchev–Trinajstić information content (AvgIpc) is 3.02. The molecule has 5 atom stereocenters. The summed E-state index contributed by atoms with van der Waals surface area (Å²) in [5, 5.41) is 3.59. The Morgan fingerprint density at radius 3 is 2.24 bits per heavy atom. The van der Waals surface area contributed by atoms with Crippen LogP contribution >= 0.6 is 11.6 Å². The van der Waals surface area contributed by atoms with E-state index in [0.717, 1.165) is 53.1 Å². The first kappa shape index (κ1) is 38.1. The van der Waals surface area contributed by atoms with Crippen LogP contribution in [0.15, 0.2) is 66.7 Å². The number of alkyl carbamates (subject to hydrolysis) is 1. The Morgan fingerprint density at radius 2 is 1.61 bits per heavy atom. The molecular formula is C38H46ClF2NO7. The normalized spacial score (nSPS) is 22.2. The average molecular weight is 702 g/mol. The van der Waals surface area contributed by atoms with Crippen molar-refractivity contribution in [2.24, 2.45) is 5.92 Å². The molecule has 0 bridgehead atoms. The molecule has 2 aliphatic heterocycles. The van der Waals surface area contributed by atoms with E-state index in [1.54, 1.807) is 0 Å². The van der Waals surface area contributed by atoms with Gasteiger partial charge in [-0.1, -0.05) is 35.9 Å². The number of carbonyl (C=O) groups is 2. The molecule has 3 aromatic rings. The van der Waals surface area contributed by atoms with Crippen LogP contribution in [-0.2, 0) is 30.2 Å². The van der Waals surface area contributed by atoms with Crippen LogP contribution in [0.2, 0.25) is 5.02 Å². The molecule has 0 saturated carbocycles. The molecule has 3 unspecified atom stereocenters. The van der Waals surface area contributed by atoms with Gasteiger partial charge in [0.15, 0.2) is 0 Å². The highest BCUT2D eigenvalue weighted by Crippen LogP contribution is 2.35. The third kappa shape index (κ3) is 13.2. The molecule has 0 spiro atoms. The van der Waals surface area contributed by atoms with Gasteiger partial charge in [-0.3, -0.25) is 4.79 Å². The third-order valence-electron chi connectivity index (χ3n) is 7.86. The minimum Gasteiger partial charge on any atom is -0.493 e. The minimum absolute atomic E-state index is 0.00271. The molecule has 0 aliphatic carbocycles. The van der Waals surface area contributed by atoms with Crippen molar-refractivity contribution in [3.8, 4) is 5.75 Å². The van der Waals surface area contributed by atoms with Gasteiger partial charge in [0.1, 0.15) is 29.1 Å². The fraction of sp³-hybridized carbons (Fsp3) is 0.474. The fourth-order valence-electron chi connectivity index (χ4n) is 5.75. The number of benzene rings is 3. The number of esters is 1. The van der Waals surface area contributed by atoms with Gasteiger partial charge in [0.2, 0.25) is 0 Å². The molecule has 11 heteroatoms. The first-order valence-corrected chi connectivity index (χ1v) is 16.9. The van der Waals surface area contributed by atoms with E-state index in [1.807, 2.05) is 64.1 Å². The van der Waals surface area contributed by atoms with Crippen LogP contribution in [-0.4, -0.2) is 55.7 Å². The highest BCUT2D eigenvalue weighted by Gasteiger charge is 2.30. The molecule has 2 saturated heterocycles. The molecule has 1 N–H and O–H groups in total. The van der Waals surface area contributed by atoms with E-state index in [4.69, 9.17) is 35.3 Å². The quantitative estimate of drug-likeness (QED) is 0.236. The van der Waals surface area contributed by atoms with Gasteiger partial charge >= 0.3 is 12.1 Å². The monoisotopic (exact) mass is 701 g/mol. The van der Waals surface area contributed by atoms with Crippen molar-refractivity contribution in [3.63, 3.8) is 0 Å². The SMILES string of the molecule is CC(=O)OC1C[C@@H](C)O[C@@H](c2ccc(Cl)c(Cc3ccc(OCC4COCC(NC(=O)OC(C)(C)C)C4)cc3)c2)C1.Fc1ccc(F)cc1. The van der Waals surface area contributed by atoms with Crippen molar-refractivity contribution in [1.82, 2.24) is 5.32 Å². The topological polar surface area (TPSA) is 92.3 Å². The lowest BCUT2D eigenvalue weighted by molar-refractivity contribution is -0.158. The number of hydrogen-bond donors (Lipinski definition) is 1. The van der Waals surface area contributed by atoms with E-state index >= 15 is 0 Å². The molecule has 0 aromatic heterocycles. The van der Waals surface area contributed by atoms with Gasteiger partial charge in [-0.05, 0) is 99.7 Å². The summed E-state index contributed by atoms with van der Waals surface area (Å²) in [6.07, 6.45) is 2.01. The van der Waals surface area contributed by atoms with E-state index in [9.17, 15) is 18.4 Å². The maximum Gasteiger partial charge on any atom is 0.407 e. The highest BCUT2D eigenvalue weighted by molar-refractivity contribution is 6.31. The van der Waals surface area contributed by atoms with Crippen molar-refractivity contribution in [2.45, 2.75) is 90.3 Å². The van der Waals surface area contributed by atoms with Crippen LogP contribution in [0, 0.1) is 17.6 Å². The van der Waals surface area contributed by atoms with Crippen LogP contribution < -0.4 is 10.1 Å². The number of nitrogens with one attached hydrogen (secondary N) is 1. The minimum atomic E-state index is -0.541. The molecular weight excluding hydrogens is 656 g/mol. The molecule has 2 fully saturated rings. The summed E-state index contributed by atoms with van der Waals surface area (Å²) in [4.78, 5) is 23.6. The van der Waals surface area contributed by atoms with Gasteiger partial charge in [-0.25, -0.2) is 13.6 Å². The summed E-state index contributed by atoms with van der Waals surface area (Å²) in [5.41, 5.74) is 2.60. The van der Waals surface area contributed by atoms with Crippen molar-refractivity contribution in [3.05, 3.63) is 100 Å². The maximum absolute atomic E-state index is 12.1. The number of rotatable bonds is 8. The van der Waals surface area contributed by atoms with Gasteiger partial charge in [0.25, 0.3) is 0 Å². The molecule has 1 amide bonds. The Hall–Kier alpha value is -3.73. The summed E-state index contributed by atoms with van der Waals surface area (Å²) >= 11 is 6.57. The third-order valence-corrected chi connectivity index (χ3v) is 8.23. The number of halogens is 3. The van der Waals surface area contributed by atoms with E-state index in [2.05, 4.69) is 11.4 Å². The second-order valence-electron chi connectivity index (χ2n) is 13.5. The first-order valence-electron chi connectivity index (χ1n) is 16.5. The first-order chi connectivity index (χ1) is 23.2. The van der Waals surface area contributed by atoms with Gasteiger partial charge in [0, 0.05) is 30.7 Å². The Bertz CT molecular complexity index is 1490.